The second-order valence-electron chi connectivity index (χ2n) is 6.15. The van der Waals surface area contributed by atoms with Crippen LogP contribution in [0.1, 0.15) is 22.3 Å². The molecule has 0 radical (unpaired) electrons. The number of aliphatic carboxylic acids is 1. The Labute approximate surface area is 166 Å². The molecule has 146 valence electrons. The molecule has 0 spiro atoms. The summed E-state index contributed by atoms with van der Waals surface area (Å²) in [5.41, 5.74) is 1.81. The summed E-state index contributed by atoms with van der Waals surface area (Å²) in [6.45, 7) is 0.00335. The maximum atomic E-state index is 12.9. The van der Waals surface area contributed by atoms with Gasteiger partial charge in [0.1, 0.15) is 11.6 Å². The number of fused-ring (bicyclic) bond motifs is 1. The molecule has 0 fully saturated rings. The Bertz CT molecular complexity index is 1140. The fourth-order valence-electron chi connectivity index (χ4n) is 2.86. The maximum absolute atomic E-state index is 12.9. The molecule has 0 unspecified atom stereocenters. The van der Waals surface area contributed by atoms with Gasteiger partial charge in [-0.25, -0.2) is 0 Å². The Balaban J connectivity index is 1.87. The number of nitriles is 1. The van der Waals surface area contributed by atoms with E-state index in [2.05, 4.69) is 4.98 Å². The number of H-pyrrole nitrogens is 1. The number of para-hydroxylation sites is 1. The third-order valence-corrected chi connectivity index (χ3v) is 4.27. The van der Waals surface area contributed by atoms with E-state index in [9.17, 15) is 14.9 Å². The van der Waals surface area contributed by atoms with Gasteiger partial charge in [0.25, 0.3) is 0 Å². The number of rotatable bonds is 8. The van der Waals surface area contributed by atoms with Gasteiger partial charge in [-0.05, 0) is 29.8 Å². The van der Waals surface area contributed by atoms with E-state index in [1.807, 2.05) is 30.3 Å². The van der Waals surface area contributed by atoms with Crippen LogP contribution >= 0.6 is 0 Å². The fourth-order valence-corrected chi connectivity index (χ4v) is 2.86. The molecule has 0 amide bonds. The van der Waals surface area contributed by atoms with Crippen LogP contribution in [-0.2, 0) is 4.79 Å². The number of carboxylic acids is 1. The summed E-state index contributed by atoms with van der Waals surface area (Å²) >= 11 is 0. The number of ketones is 1. The van der Waals surface area contributed by atoms with Gasteiger partial charge < -0.3 is 19.6 Å². The number of carboxylic acid groups (broad SMARTS) is 1. The molecule has 0 aliphatic carbocycles. The van der Waals surface area contributed by atoms with E-state index >= 15 is 0 Å². The summed E-state index contributed by atoms with van der Waals surface area (Å²) in [5, 5.41) is 19.0. The molecule has 0 saturated carbocycles. The lowest BCUT2D eigenvalue weighted by molar-refractivity contribution is -0.137. The van der Waals surface area contributed by atoms with Crippen molar-refractivity contribution >= 4 is 28.7 Å². The first-order valence-corrected chi connectivity index (χ1v) is 8.78. The van der Waals surface area contributed by atoms with Crippen molar-refractivity contribution in [2.24, 2.45) is 0 Å². The molecule has 0 saturated heterocycles. The number of aromatic amines is 1. The standard InChI is InChI=1S/C22H18N2O5/c1-28-20-11-14(6-7-19(20)29-9-8-21(25)26)10-15(12-23)22(27)17-13-24-18-5-3-2-4-16(17)18/h2-7,10-11,13,24H,8-9H2,1H3,(H,25,26)/b15-10-. The molecule has 7 heteroatoms. The molecule has 0 aliphatic heterocycles. The molecule has 0 atom stereocenters. The summed E-state index contributed by atoms with van der Waals surface area (Å²) in [6.07, 6.45) is 2.94. The van der Waals surface area contributed by atoms with Crippen molar-refractivity contribution in [2.45, 2.75) is 6.42 Å². The Morgan fingerprint density at radius 3 is 2.72 bits per heavy atom. The van der Waals surface area contributed by atoms with Crippen molar-refractivity contribution in [3.63, 3.8) is 0 Å². The molecule has 0 bridgehead atoms. The molecule has 3 rings (SSSR count). The van der Waals surface area contributed by atoms with E-state index < -0.39 is 5.97 Å². The molecule has 1 aromatic heterocycles. The van der Waals surface area contributed by atoms with Crippen molar-refractivity contribution in [1.29, 1.82) is 5.26 Å². The number of aromatic nitrogens is 1. The quantitative estimate of drug-likeness (QED) is 0.343. The number of ether oxygens (including phenoxy) is 2. The predicted octanol–water partition coefficient (Wildman–Crippen LogP) is 3.82. The first kappa shape index (κ1) is 19.7. The van der Waals surface area contributed by atoms with Crippen LogP contribution < -0.4 is 9.47 Å². The number of allylic oxidation sites excluding steroid dienone is 1. The number of nitrogens with one attached hydrogen (secondary N) is 1. The van der Waals surface area contributed by atoms with Crippen molar-refractivity contribution in [1.82, 2.24) is 4.98 Å². The zero-order valence-electron chi connectivity index (χ0n) is 15.6. The van der Waals surface area contributed by atoms with Crippen LogP contribution in [0.2, 0.25) is 0 Å². The van der Waals surface area contributed by atoms with E-state index in [1.54, 1.807) is 24.4 Å². The highest BCUT2D eigenvalue weighted by Gasteiger charge is 2.17. The molecule has 2 N–H and O–H groups in total. The summed E-state index contributed by atoms with van der Waals surface area (Å²) in [6, 6.07) is 14.2. The topological polar surface area (TPSA) is 112 Å². The molecule has 29 heavy (non-hydrogen) atoms. The van der Waals surface area contributed by atoms with Crippen LogP contribution in [0.3, 0.4) is 0 Å². The summed E-state index contributed by atoms with van der Waals surface area (Å²) in [5.74, 6) is -0.586. The van der Waals surface area contributed by atoms with Gasteiger partial charge in [0.15, 0.2) is 11.5 Å². The van der Waals surface area contributed by atoms with Crippen molar-refractivity contribution < 1.29 is 24.2 Å². The van der Waals surface area contributed by atoms with Crippen LogP contribution in [0, 0.1) is 11.3 Å². The first-order valence-electron chi connectivity index (χ1n) is 8.78. The van der Waals surface area contributed by atoms with Crippen LogP contribution in [-0.4, -0.2) is 35.6 Å². The maximum Gasteiger partial charge on any atom is 0.306 e. The van der Waals surface area contributed by atoms with Crippen molar-refractivity contribution in [3.8, 4) is 17.6 Å². The SMILES string of the molecule is COc1cc(/C=C(/C#N)C(=O)c2c[nH]c3ccccc23)ccc1OCCC(=O)O. The van der Waals surface area contributed by atoms with Gasteiger partial charge in [0.05, 0.1) is 20.1 Å². The Kier molecular flexibility index (Phi) is 5.95. The molecule has 1 heterocycles. The van der Waals surface area contributed by atoms with Crippen molar-refractivity contribution in [3.05, 3.63) is 65.4 Å². The third kappa shape index (κ3) is 4.45. The molecule has 0 aliphatic rings. The third-order valence-electron chi connectivity index (χ3n) is 4.27. The van der Waals surface area contributed by atoms with Crippen LogP contribution in [0.5, 0.6) is 11.5 Å². The lowest BCUT2D eigenvalue weighted by Crippen LogP contribution is -2.05. The number of carbonyl (C=O) groups is 2. The van der Waals surface area contributed by atoms with Crippen LogP contribution in [0.25, 0.3) is 17.0 Å². The Morgan fingerprint density at radius 1 is 1.21 bits per heavy atom. The van der Waals surface area contributed by atoms with Crippen LogP contribution in [0.4, 0.5) is 0 Å². The lowest BCUT2D eigenvalue weighted by Gasteiger charge is -2.10. The minimum atomic E-state index is -0.960. The Hall–Kier alpha value is -4.05. The zero-order valence-corrected chi connectivity index (χ0v) is 15.6. The number of hydrogen-bond acceptors (Lipinski definition) is 5. The number of Topliss-reactive ketones (excluding diaryl/α,β-unsaturated/α-hetero) is 1. The normalized spacial score (nSPS) is 11.1. The van der Waals surface area contributed by atoms with Gasteiger partial charge in [-0.1, -0.05) is 24.3 Å². The highest BCUT2D eigenvalue weighted by Crippen LogP contribution is 2.29. The monoisotopic (exact) mass is 390 g/mol. The summed E-state index contributed by atoms with van der Waals surface area (Å²) < 4.78 is 10.7. The summed E-state index contributed by atoms with van der Waals surface area (Å²) in [4.78, 5) is 26.5. The average Bonchev–Trinajstić information content (AvgIpc) is 3.16. The molecular formula is C22H18N2O5. The first-order chi connectivity index (χ1) is 14.0. The smallest absolute Gasteiger partial charge is 0.306 e. The van der Waals surface area contributed by atoms with Gasteiger partial charge in [-0.3, -0.25) is 9.59 Å². The van der Waals surface area contributed by atoms with E-state index in [0.29, 0.717) is 22.6 Å². The van der Waals surface area contributed by atoms with Gasteiger partial charge >= 0.3 is 5.97 Å². The van der Waals surface area contributed by atoms with E-state index in [0.717, 1.165) is 10.9 Å². The van der Waals surface area contributed by atoms with Gasteiger partial charge in [0.2, 0.25) is 5.78 Å². The second-order valence-corrected chi connectivity index (χ2v) is 6.15. The van der Waals surface area contributed by atoms with Gasteiger partial charge in [0, 0.05) is 22.7 Å². The number of carbonyl (C=O) groups excluding carboxylic acids is 1. The van der Waals surface area contributed by atoms with Crippen LogP contribution in [0.15, 0.2) is 54.2 Å². The minimum Gasteiger partial charge on any atom is -0.493 e. The Morgan fingerprint density at radius 2 is 2.00 bits per heavy atom. The van der Waals surface area contributed by atoms with E-state index in [1.165, 1.54) is 13.2 Å². The predicted molar refractivity (Wildman–Crippen MR) is 107 cm³/mol. The van der Waals surface area contributed by atoms with Gasteiger partial charge in [-0.15, -0.1) is 0 Å². The highest BCUT2D eigenvalue weighted by atomic mass is 16.5. The second kappa shape index (κ2) is 8.76. The molecule has 7 nitrogen and oxygen atoms in total. The number of benzene rings is 2. The zero-order chi connectivity index (χ0) is 20.8. The number of methoxy groups -OCH3 is 1. The highest BCUT2D eigenvalue weighted by molar-refractivity contribution is 6.19. The number of hydrogen-bond donors (Lipinski definition) is 2. The van der Waals surface area contributed by atoms with Gasteiger partial charge in [-0.2, -0.15) is 5.26 Å². The van der Waals surface area contributed by atoms with Crippen molar-refractivity contribution in [2.75, 3.05) is 13.7 Å². The van der Waals surface area contributed by atoms with E-state index in [-0.39, 0.29) is 24.4 Å². The lowest BCUT2D eigenvalue weighted by atomic mass is 10.0. The van der Waals surface area contributed by atoms with E-state index in [4.69, 9.17) is 14.6 Å². The molecular weight excluding hydrogens is 372 g/mol. The molecule has 3 aromatic rings. The largest absolute Gasteiger partial charge is 0.493 e. The summed E-state index contributed by atoms with van der Waals surface area (Å²) in [7, 11) is 1.45. The average molecular weight is 390 g/mol. The minimum absolute atomic E-state index is 0.00335. The molecule has 2 aromatic carbocycles. The number of nitrogens with zero attached hydrogens (tertiary/aromatic N) is 1. The fraction of sp³-hybridized carbons (Fsp3) is 0.136.